The molecule has 0 bridgehead atoms. The standard InChI is InChI=1S/C12H9F3N4O/c1-7-18-11(19-20-7)6-17-9-2-3-10(12(13,14)15)8(4-9)5-16/h2-4,17H,6H2,1H3. The second-order valence-electron chi connectivity index (χ2n) is 3.95. The molecule has 0 unspecified atom stereocenters. The fraction of sp³-hybridized carbons (Fsp3) is 0.250. The average molecular weight is 282 g/mol. The van der Waals surface area contributed by atoms with Crippen molar-refractivity contribution in [3.8, 4) is 6.07 Å². The Morgan fingerprint density at radius 2 is 2.15 bits per heavy atom. The van der Waals surface area contributed by atoms with Gasteiger partial charge < -0.3 is 9.84 Å². The molecule has 1 aromatic heterocycles. The third kappa shape index (κ3) is 3.06. The molecule has 0 aliphatic heterocycles. The van der Waals surface area contributed by atoms with Crippen molar-refractivity contribution in [3.63, 3.8) is 0 Å². The van der Waals surface area contributed by atoms with Gasteiger partial charge in [-0.2, -0.15) is 23.4 Å². The lowest BCUT2D eigenvalue weighted by molar-refractivity contribution is -0.137. The average Bonchev–Trinajstić information content (AvgIpc) is 2.80. The number of nitriles is 1. The smallest absolute Gasteiger partial charge is 0.378 e. The molecule has 0 saturated heterocycles. The first-order chi connectivity index (χ1) is 9.40. The van der Waals surface area contributed by atoms with E-state index in [2.05, 4.69) is 15.5 Å². The zero-order valence-electron chi connectivity index (χ0n) is 10.3. The van der Waals surface area contributed by atoms with Gasteiger partial charge in [0.15, 0.2) is 5.82 Å². The number of anilines is 1. The maximum absolute atomic E-state index is 12.6. The quantitative estimate of drug-likeness (QED) is 0.936. The minimum absolute atomic E-state index is 0.188. The van der Waals surface area contributed by atoms with Gasteiger partial charge >= 0.3 is 6.18 Å². The van der Waals surface area contributed by atoms with Gasteiger partial charge in [-0.25, -0.2) is 0 Å². The molecule has 1 aromatic carbocycles. The molecule has 1 N–H and O–H groups in total. The lowest BCUT2D eigenvalue weighted by atomic mass is 10.1. The number of alkyl halides is 3. The maximum atomic E-state index is 12.6. The second kappa shape index (κ2) is 5.21. The van der Waals surface area contributed by atoms with Crippen LogP contribution in [0.25, 0.3) is 0 Å². The highest BCUT2D eigenvalue weighted by molar-refractivity contribution is 5.53. The summed E-state index contributed by atoms with van der Waals surface area (Å²) in [6.45, 7) is 1.82. The van der Waals surface area contributed by atoms with Gasteiger partial charge in [0.2, 0.25) is 5.89 Å². The Labute approximate surface area is 112 Å². The molecule has 1 heterocycles. The first-order valence-electron chi connectivity index (χ1n) is 5.54. The molecule has 104 valence electrons. The second-order valence-corrected chi connectivity index (χ2v) is 3.95. The van der Waals surface area contributed by atoms with Crippen LogP contribution in [-0.2, 0) is 12.7 Å². The molecule has 0 amide bonds. The largest absolute Gasteiger partial charge is 0.417 e. The highest BCUT2D eigenvalue weighted by Gasteiger charge is 2.33. The van der Waals surface area contributed by atoms with E-state index in [1.807, 2.05) is 0 Å². The molecular weight excluding hydrogens is 273 g/mol. The minimum Gasteiger partial charge on any atom is -0.378 e. The Hall–Kier alpha value is -2.56. The van der Waals surface area contributed by atoms with Crippen LogP contribution in [0.4, 0.5) is 18.9 Å². The van der Waals surface area contributed by atoms with Gasteiger partial charge in [0.05, 0.1) is 23.7 Å². The van der Waals surface area contributed by atoms with E-state index in [0.29, 0.717) is 17.4 Å². The molecule has 0 aliphatic rings. The summed E-state index contributed by atoms with van der Waals surface area (Å²) < 4.78 is 42.6. The van der Waals surface area contributed by atoms with Gasteiger partial charge in [-0.15, -0.1) is 0 Å². The van der Waals surface area contributed by atoms with Crippen LogP contribution in [0.1, 0.15) is 22.8 Å². The summed E-state index contributed by atoms with van der Waals surface area (Å²) in [5.41, 5.74) is -1.02. The molecule has 0 atom stereocenters. The number of hydrogen-bond acceptors (Lipinski definition) is 5. The van der Waals surface area contributed by atoms with Crippen molar-refractivity contribution < 1.29 is 17.7 Å². The van der Waals surface area contributed by atoms with Crippen molar-refractivity contribution in [3.05, 3.63) is 41.0 Å². The lowest BCUT2D eigenvalue weighted by Gasteiger charge is -2.10. The summed E-state index contributed by atoms with van der Waals surface area (Å²) in [5.74, 6) is 0.771. The molecule has 0 radical (unpaired) electrons. The minimum atomic E-state index is -4.55. The number of halogens is 3. The van der Waals surface area contributed by atoms with Crippen molar-refractivity contribution in [1.29, 1.82) is 5.26 Å². The molecule has 0 saturated carbocycles. The Bertz CT molecular complexity index is 657. The van der Waals surface area contributed by atoms with E-state index >= 15 is 0 Å². The molecule has 0 spiro atoms. The maximum Gasteiger partial charge on any atom is 0.417 e. The van der Waals surface area contributed by atoms with Crippen LogP contribution in [-0.4, -0.2) is 10.1 Å². The van der Waals surface area contributed by atoms with Crippen molar-refractivity contribution >= 4 is 5.69 Å². The first-order valence-corrected chi connectivity index (χ1v) is 5.54. The third-order valence-electron chi connectivity index (χ3n) is 2.47. The Kier molecular flexibility index (Phi) is 3.61. The number of hydrogen-bond donors (Lipinski definition) is 1. The third-order valence-corrected chi connectivity index (χ3v) is 2.47. The van der Waals surface area contributed by atoms with E-state index in [1.165, 1.54) is 12.1 Å². The van der Waals surface area contributed by atoms with Gasteiger partial charge in [0.1, 0.15) is 0 Å². The van der Waals surface area contributed by atoms with E-state index < -0.39 is 17.3 Å². The van der Waals surface area contributed by atoms with E-state index in [0.717, 1.165) is 12.1 Å². The van der Waals surface area contributed by atoms with Crippen LogP contribution in [0.2, 0.25) is 0 Å². The van der Waals surface area contributed by atoms with Gasteiger partial charge in [0.25, 0.3) is 0 Å². The van der Waals surface area contributed by atoms with Gasteiger partial charge in [-0.1, -0.05) is 5.16 Å². The van der Waals surface area contributed by atoms with Crippen LogP contribution in [0.3, 0.4) is 0 Å². The monoisotopic (exact) mass is 282 g/mol. The van der Waals surface area contributed by atoms with E-state index in [9.17, 15) is 13.2 Å². The number of nitrogens with zero attached hydrogens (tertiary/aromatic N) is 3. The summed E-state index contributed by atoms with van der Waals surface area (Å²) in [4.78, 5) is 3.94. The van der Waals surface area contributed by atoms with E-state index in [1.54, 1.807) is 6.92 Å². The SMILES string of the molecule is Cc1nc(CNc2ccc(C(F)(F)F)c(C#N)c2)no1. The van der Waals surface area contributed by atoms with Gasteiger partial charge in [0, 0.05) is 12.6 Å². The number of nitrogens with one attached hydrogen (secondary N) is 1. The van der Waals surface area contributed by atoms with Gasteiger partial charge in [-0.05, 0) is 18.2 Å². The van der Waals surface area contributed by atoms with Crippen LogP contribution in [0.5, 0.6) is 0 Å². The fourth-order valence-electron chi connectivity index (χ4n) is 1.59. The summed E-state index contributed by atoms with van der Waals surface area (Å²) in [5, 5.41) is 15.2. The normalized spacial score (nSPS) is 11.2. The summed E-state index contributed by atoms with van der Waals surface area (Å²) in [6.07, 6.45) is -4.55. The fourth-order valence-corrected chi connectivity index (χ4v) is 1.59. The first kappa shape index (κ1) is 13.9. The highest BCUT2D eigenvalue weighted by Crippen LogP contribution is 2.33. The highest BCUT2D eigenvalue weighted by atomic mass is 19.4. The van der Waals surface area contributed by atoms with Crippen molar-refractivity contribution in [2.75, 3.05) is 5.32 Å². The predicted molar refractivity (Wildman–Crippen MR) is 62.5 cm³/mol. The summed E-state index contributed by atoms with van der Waals surface area (Å²) in [7, 11) is 0. The summed E-state index contributed by atoms with van der Waals surface area (Å²) >= 11 is 0. The predicted octanol–water partition coefficient (Wildman–Crippen LogP) is 2.88. The number of aromatic nitrogens is 2. The Balaban J connectivity index is 2.16. The zero-order chi connectivity index (χ0) is 14.8. The zero-order valence-corrected chi connectivity index (χ0v) is 10.3. The van der Waals surface area contributed by atoms with Crippen LogP contribution in [0, 0.1) is 18.3 Å². The molecule has 0 fully saturated rings. The van der Waals surface area contributed by atoms with Crippen molar-refractivity contribution in [2.45, 2.75) is 19.6 Å². The van der Waals surface area contributed by atoms with Crippen LogP contribution >= 0.6 is 0 Å². The van der Waals surface area contributed by atoms with Crippen LogP contribution < -0.4 is 5.32 Å². The Morgan fingerprint density at radius 1 is 1.40 bits per heavy atom. The number of benzene rings is 1. The molecule has 5 nitrogen and oxygen atoms in total. The Morgan fingerprint density at radius 3 is 2.70 bits per heavy atom. The van der Waals surface area contributed by atoms with Crippen LogP contribution in [0.15, 0.2) is 22.7 Å². The topological polar surface area (TPSA) is 74.7 Å². The van der Waals surface area contributed by atoms with E-state index in [-0.39, 0.29) is 6.54 Å². The molecule has 0 aliphatic carbocycles. The van der Waals surface area contributed by atoms with Crippen molar-refractivity contribution in [1.82, 2.24) is 10.1 Å². The summed E-state index contributed by atoms with van der Waals surface area (Å²) in [6, 6.07) is 4.78. The van der Waals surface area contributed by atoms with E-state index in [4.69, 9.17) is 9.78 Å². The van der Waals surface area contributed by atoms with Crippen molar-refractivity contribution in [2.24, 2.45) is 0 Å². The lowest BCUT2D eigenvalue weighted by Crippen LogP contribution is -2.09. The number of rotatable bonds is 3. The molecular formula is C12H9F3N4O. The van der Waals surface area contributed by atoms with Gasteiger partial charge in [-0.3, -0.25) is 0 Å². The molecule has 8 heteroatoms. The number of aryl methyl sites for hydroxylation is 1. The molecule has 20 heavy (non-hydrogen) atoms. The molecule has 2 aromatic rings. The molecule has 2 rings (SSSR count).